The van der Waals surface area contributed by atoms with Gasteiger partial charge in [0.1, 0.15) is 6.54 Å². The Morgan fingerprint density at radius 2 is 2.00 bits per heavy atom. The molecule has 0 atom stereocenters. The van der Waals surface area contributed by atoms with Crippen LogP contribution < -0.4 is 5.32 Å². The van der Waals surface area contributed by atoms with E-state index in [1.54, 1.807) is 0 Å². The molecule has 18 heavy (non-hydrogen) atoms. The van der Waals surface area contributed by atoms with Crippen LogP contribution in [0.5, 0.6) is 0 Å². The SMILES string of the molecule is COC(=O)CNC(=O)CSCc1ccc(Cl)cc1. The zero-order valence-electron chi connectivity index (χ0n) is 9.94. The number of halogens is 1. The number of hydrogen-bond acceptors (Lipinski definition) is 4. The lowest BCUT2D eigenvalue weighted by Gasteiger charge is -2.04. The Hall–Kier alpha value is -1.20. The molecule has 0 saturated carbocycles. The topological polar surface area (TPSA) is 55.4 Å². The van der Waals surface area contributed by atoms with Gasteiger partial charge in [0.05, 0.1) is 12.9 Å². The quantitative estimate of drug-likeness (QED) is 0.812. The van der Waals surface area contributed by atoms with Crippen LogP contribution in [-0.2, 0) is 20.1 Å². The van der Waals surface area contributed by atoms with Crippen molar-refractivity contribution in [1.82, 2.24) is 5.32 Å². The third kappa shape index (κ3) is 5.93. The number of thioether (sulfide) groups is 1. The minimum Gasteiger partial charge on any atom is -0.468 e. The number of carbonyl (C=O) groups excluding carboxylic acids is 2. The lowest BCUT2D eigenvalue weighted by molar-refractivity contribution is -0.140. The van der Waals surface area contributed by atoms with E-state index in [1.165, 1.54) is 18.9 Å². The first-order chi connectivity index (χ1) is 8.61. The van der Waals surface area contributed by atoms with Crippen LogP contribution in [-0.4, -0.2) is 31.3 Å². The van der Waals surface area contributed by atoms with Gasteiger partial charge in [-0.15, -0.1) is 11.8 Å². The van der Waals surface area contributed by atoms with Crippen LogP contribution in [0.4, 0.5) is 0 Å². The van der Waals surface area contributed by atoms with E-state index in [2.05, 4.69) is 10.1 Å². The van der Waals surface area contributed by atoms with Gasteiger partial charge in [-0.1, -0.05) is 23.7 Å². The van der Waals surface area contributed by atoms with E-state index in [9.17, 15) is 9.59 Å². The summed E-state index contributed by atoms with van der Waals surface area (Å²) in [7, 11) is 1.28. The zero-order chi connectivity index (χ0) is 13.4. The fourth-order valence-corrected chi connectivity index (χ4v) is 2.08. The third-order valence-corrected chi connectivity index (χ3v) is 3.33. The van der Waals surface area contributed by atoms with Crippen LogP contribution in [0, 0.1) is 0 Å². The number of methoxy groups -OCH3 is 1. The number of ether oxygens (including phenoxy) is 1. The van der Waals surface area contributed by atoms with Crippen molar-refractivity contribution < 1.29 is 14.3 Å². The highest BCUT2D eigenvalue weighted by Crippen LogP contribution is 2.15. The van der Waals surface area contributed by atoms with E-state index >= 15 is 0 Å². The second-order valence-electron chi connectivity index (χ2n) is 3.47. The summed E-state index contributed by atoms with van der Waals surface area (Å²) in [6, 6.07) is 7.47. The predicted molar refractivity (Wildman–Crippen MR) is 72.6 cm³/mol. The molecule has 0 radical (unpaired) electrons. The van der Waals surface area contributed by atoms with Gasteiger partial charge in [-0.3, -0.25) is 9.59 Å². The molecule has 0 aliphatic carbocycles. The van der Waals surface area contributed by atoms with Gasteiger partial charge >= 0.3 is 5.97 Å². The van der Waals surface area contributed by atoms with Crippen LogP contribution >= 0.6 is 23.4 Å². The fourth-order valence-electron chi connectivity index (χ4n) is 1.14. The van der Waals surface area contributed by atoms with Crippen molar-refractivity contribution in [2.75, 3.05) is 19.4 Å². The Morgan fingerprint density at radius 3 is 2.61 bits per heavy atom. The lowest BCUT2D eigenvalue weighted by Crippen LogP contribution is -2.31. The average molecular weight is 288 g/mol. The Labute approximate surface area is 115 Å². The van der Waals surface area contributed by atoms with E-state index in [4.69, 9.17) is 11.6 Å². The average Bonchev–Trinajstić information content (AvgIpc) is 2.38. The lowest BCUT2D eigenvalue weighted by atomic mass is 10.2. The fraction of sp³-hybridized carbons (Fsp3) is 0.333. The monoisotopic (exact) mass is 287 g/mol. The van der Waals surface area contributed by atoms with E-state index in [0.717, 1.165) is 11.3 Å². The Morgan fingerprint density at radius 1 is 1.33 bits per heavy atom. The smallest absolute Gasteiger partial charge is 0.325 e. The second kappa shape index (κ2) is 8.00. The van der Waals surface area contributed by atoms with Crippen molar-refractivity contribution in [3.63, 3.8) is 0 Å². The van der Waals surface area contributed by atoms with Gasteiger partial charge in [0.15, 0.2) is 0 Å². The Kier molecular flexibility index (Phi) is 6.60. The molecule has 1 amide bonds. The molecule has 0 bridgehead atoms. The number of benzene rings is 1. The molecule has 0 aliphatic rings. The molecule has 4 nitrogen and oxygen atoms in total. The van der Waals surface area contributed by atoms with Crippen LogP contribution in [0.1, 0.15) is 5.56 Å². The molecular weight excluding hydrogens is 274 g/mol. The molecule has 1 aromatic carbocycles. The highest BCUT2D eigenvalue weighted by molar-refractivity contribution is 7.99. The first-order valence-corrected chi connectivity index (χ1v) is 6.81. The maximum atomic E-state index is 11.3. The van der Waals surface area contributed by atoms with Gasteiger partial charge in [0.25, 0.3) is 0 Å². The van der Waals surface area contributed by atoms with Crippen molar-refractivity contribution in [2.45, 2.75) is 5.75 Å². The van der Waals surface area contributed by atoms with Crippen molar-refractivity contribution in [1.29, 1.82) is 0 Å². The van der Waals surface area contributed by atoms with E-state index in [-0.39, 0.29) is 12.5 Å². The predicted octanol–water partition coefficient (Wildman–Crippen LogP) is 1.86. The molecule has 0 heterocycles. The standard InChI is InChI=1S/C12H14ClNO3S/c1-17-12(16)6-14-11(15)8-18-7-9-2-4-10(13)5-3-9/h2-5H,6-8H2,1H3,(H,14,15). The molecule has 1 aromatic rings. The minimum atomic E-state index is -0.453. The van der Waals surface area contributed by atoms with Crippen LogP contribution in [0.15, 0.2) is 24.3 Å². The summed E-state index contributed by atoms with van der Waals surface area (Å²) in [5, 5.41) is 3.17. The summed E-state index contributed by atoms with van der Waals surface area (Å²) >= 11 is 7.24. The van der Waals surface area contributed by atoms with Gasteiger partial charge in [0.2, 0.25) is 5.91 Å². The van der Waals surface area contributed by atoms with Crippen molar-refractivity contribution in [2.24, 2.45) is 0 Å². The van der Waals surface area contributed by atoms with Gasteiger partial charge < -0.3 is 10.1 Å². The first kappa shape index (κ1) is 14.9. The second-order valence-corrected chi connectivity index (χ2v) is 4.89. The molecule has 0 aromatic heterocycles. The number of rotatable bonds is 6. The number of amides is 1. The van der Waals surface area contributed by atoms with Gasteiger partial charge in [0, 0.05) is 10.8 Å². The number of hydrogen-bond donors (Lipinski definition) is 1. The molecule has 0 spiro atoms. The van der Waals surface area contributed by atoms with E-state index in [0.29, 0.717) is 10.8 Å². The largest absolute Gasteiger partial charge is 0.468 e. The first-order valence-electron chi connectivity index (χ1n) is 5.27. The molecule has 0 saturated heterocycles. The van der Waals surface area contributed by atoms with Crippen LogP contribution in [0.25, 0.3) is 0 Å². The summed E-state index contributed by atoms with van der Waals surface area (Å²) in [4.78, 5) is 22.1. The third-order valence-electron chi connectivity index (χ3n) is 2.07. The number of carbonyl (C=O) groups is 2. The normalized spacial score (nSPS) is 9.89. The Balaban J connectivity index is 2.19. The van der Waals surface area contributed by atoms with Crippen LogP contribution in [0.2, 0.25) is 5.02 Å². The number of esters is 1. The zero-order valence-corrected chi connectivity index (χ0v) is 11.5. The minimum absolute atomic E-state index is 0.0865. The molecule has 1 N–H and O–H groups in total. The molecule has 6 heteroatoms. The van der Waals surface area contributed by atoms with Crippen molar-refractivity contribution in [3.05, 3.63) is 34.9 Å². The summed E-state index contributed by atoms with van der Waals surface area (Å²) < 4.78 is 4.41. The molecule has 98 valence electrons. The van der Waals surface area contributed by atoms with Crippen LogP contribution in [0.3, 0.4) is 0 Å². The summed E-state index contributed by atoms with van der Waals surface area (Å²) in [5.74, 6) is 0.396. The number of nitrogens with one attached hydrogen (secondary N) is 1. The van der Waals surface area contributed by atoms with E-state index < -0.39 is 5.97 Å². The summed E-state index contributed by atoms with van der Waals surface area (Å²) in [5.41, 5.74) is 1.10. The molecule has 1 rings (SSSR count). The van der Waals surface area contributed by atoms with Crippen molar-refractivity contribution in [3.8, 4) is 0 Å². The van der Waals surface area contributed by atoms with Crippen molar-refractivity contribution >= 4 is 35.2 Å². The highest BCUT2D eigenvalue weighted by Gasteiger charge is 2.05. The summed E-state index contributed by atoms with van der Waals surface area (Å²) in [6.45, 7) is -0.0865. The molecular formula is C12H14ClNO3S. The maximum Gasteiger partial charge on any atom is 0.325 e. The van der Waals surface area contributed by atoms with Gasteiger partial charge in [-0.25, -0.2) is 0 Å². The molecule has 0 fully saturated rings. The molecule has 0 aliphatic heterocycles. The Bertz CT molecular complexity index is 408. The molecule has 0 unspecified atom stereocenters. The highest BCUT2D eigenvalue weighted by atomic mass is 35.5. The van der Waals surface area contributed by atoms with E-state index in [1.807, 2.05) is 24.3 Å². The maximum absolute atomic E-state index is 11.3. The van der Waals surface area contributed by atoms with Gasteiger partial charge in [-0.2, -0.15) is 0 Å². The summed E-state index contributed by atoms with van der Waals surface area (Å²) in [6.07, 6.45) is 0. The van der Waals surface area contributed by atoms with Gasteiger partial charge in [-0.05, 0) is 17.7 Å².